The Morgan fingerprint density at radius 3 is 2.68 bits per heavy atom. The normalized spacial score (nSPS) is 18.5. The minimum atomic E-state index is 0.127. The number of para-hydroxylation sites is 1. The Balaban J connectivity index is 2.02. The molecule has 1 nitrogen and oxygen atoms in total. The summed E-state index contributed by atoms with van der Waals surface area (Å²) in [5, 5.41) is 2.74. The van der Waals surface area contributed by atoms with Crippen LogP contribution in [0.25, 0.3) is 27.4 Å². The maximum absolute atomic E-state index is 2.38. The van der Waals surface area contributed by atoms with Crippen LogP contribution in [-0.4, -0.2) is 4.57 Å². The molecule has 0 spiro atoms. The van der Waals surface area contributed by atoms with Gasteiger partial charge in [-0.3, -0.25) is 0 Å². The smallest absolute Gasteiger partial charge is 0.0568 e. The molecule has 0 radical (unpaired) electrons. The summed E-state index contributed by atoms with van der Waals surface area (Å²) < 4.78 is 2.38. The number of hydrogen-bond acceptors (Lipinski definition) is 0. The molecule has 3 aromatic rings. The average Bonchev–Trinajstić information content (AvgIpc) is 3.16. The highest BCUT2D eigenvalue weighted by Crippen LogP contribution is 2.53. The van der Waals surface area contributed by atoms with E-state index in [1.54, 1.807) is 0 Å². The Hall–Kier alpha value is -2.28. The summed E-state index contributed by atoms with van der Waals surface area (Å²) in [4.78, 5) is 0. The molecule has 0 aliphatic heterocycles. The van der Waals surface area contributed by atoms with Gasteiger partial charge in [0.1, 0.15) is 0 Å². The van der Waals surface area contributed by atoms with Crippen molar-refractivity contribution in [3.8, 4) is 0 Å². The van der Waals surface area contributed by atoms with Crippen molar-refractivity contribution < 1.29 is 0 Å². The summed E-state index contributed by atoms with van der Waals surface area (Å²) in [5.74, 6) is 0. The first-order valence-corrected chi connectivity index (χ1v) is 8.02. The van der Waals surface area contributed by atoms with Crippen LogP contribution < -0.4 is 0 Å². The van der Waals surface area contributed by atoms with Crippen LogP contribution in [0.3, 0.4) is 0 Å². The molecule has 0 saturated carbocycles. The van der Waals surface area contributed by atoms with E-state index in [1.165, 1.54) is 44.1 Å². The van der Waals surface area contributed by atoms with Crippen molar-refractivity contribution in [3.63, 3.8) is 0 Å². The number of rotatable bonds is 0. The topological polar surface area (TPSA) is 4.93 Å². The predicted octanol–water partition coefficient (Wildman–Crippen LogP) is 5.34. The molecule has 2 aromatic carbocycles. The zero-order valence-electron chi connectivity index (χ0n) is 13.3. The number of allylic oxidation sites excluding steroid dienone is 4. The maximum atomic E-state index is 2.38. The van der Waals surface area contributed by atoms with E-state index in [4.69, 9.17) is 0 Å². The zero-order valence-corrected chi connectivity index (χ0v) is 13.3. The summed E-state index contributed by atoms with van der Waals surface area (Å²) in [6.07, 6.45) is 5.73. The number of benzene rings is 2. The molecule has 0 N–H and O–H groups in total. The highest BCUT2D eigenvalue weighted by atomic mass is 14.9. The van der Waals surface area contributed by atoms with Gasteiger partial charge in [-0.2, -0.15) is 0 Å². The predicted molar refractivity (Wildman–Crippen MR) is 94.1 cm³/mol. The number of hydrogen-bond donors (Lipinski definition) is 0. The van der Waals surface area contributed by atoms with Gasteiger partial charge in [0.05, 0.1) is 5.52 Å². The molecule has 0 bridgehead atoms. The van der Waals surface area contributed by atoms with Crippen LogP contribution in [0.1, 0.15) is 31.4 Å². The van der Waals surface area contributed by atoms with Crippen LogP contribution in [0, 0.1) is 0 Å². The van der Waals surface area contributed by atoms with Gasteiger partial charge >= 0.3 is 0 Å². The van der Waals surface area contributed by atoms with Crippen LogP contribution >= 0.6 is 0 Å². The molecule has 2 aliphatic rings. The minimum Gasteiger partial charge on any atom is -0.343 e. The molecule has 1 heteroatoms. The van der Waals surface area contributed by atoms with E-state index in [2.05, 4.69) is 74.0 Å². The zero-order chi connectivity index (χ0) is 15.1. The Bertz CT molecular complexity index is 1020. The molecule has 0 atom stereocenters. The van der Waals surface area contributed by atoms with E-state index in [0.29, 0.717) is 0 Å². The molecule has 108 valence electrons. The van der Waals surface area contributed by atoms with Crippen LogP contribution in [0.15, 0.2) is 54.1 Å². The second-order valence-electron chi connectivity index (χ2n) is 7.08. The SMILES string of the molecule is Cn1c2ccccc2c2ccc3c(c21)C1=C(C=CC1)C3(C)C. The molecular weight excluding hydrogens is 266 g/mol. The Morgan fingerprint density at radius 1 is 1.00 bits per heavy atom. The summed E-state index contributed by atoms with van der Waals surface area (Å²) in [5.41, 5.74) is 8.88. The van der Waals surface area contributed by atoms with Crippen LogP contribution in [-0.2, 0) is 12.5 Å². The fourth-order valence-electron chi connectivity index (χ4n) is 4.57. The van der Waals surface area contributed by atoms with Gasteiger partial charge in [-0.15, -0.1) is 0 Å². The molecule has 1 heterocycles. The average molecular weight is 285 g/mol. The van der Waals surface area contributed by atoms with Crippen molar-refractivity contribution in [1.82, 2.24) is 4.57 Å². The first-order chi connectivity index (χ1) is 10.6. The number of aromatic nitrogens is 1. The fraction of sp³-hybridized carbons (Fsp3) is 0.238. The first kappa shape index (κ1) is 12.3. The van der Waals surface area contributed by atoms with E-state index < -0.39 is 0 Å². The second-order valence-corrected chi connectivity index (χ2v) is 7.08. The lowest BCUT2D eigenvalue weighted by Gasteiger charge is -2.22. The van der Waals surface area contributed by atoms with Crippen LogP contribution in [0.4, 0.5) is 0 Å². The van der Waals surface area contributed by atoms with Gasteiger partial charge in [-0.25, -0.2) is 0 Å². The fourth-order valence-corrected chi connectivity index (χ4v) is 4.57. The van der Waals surface area contributed by atoms with E-state index in [-0.39, 0.29) is 5.41 Å². The standard InChI is InChI=1S/C21H19N/c1-21(2)16-9-6-8-15(16)19-17(21)12-11-14-13-7-4-5-10-18(13)22(3)20(14)19/h4-7,9-12H,8H2,1-3H3. The van der Waals surface area contributed by atoms with Crippen molar-refractivity contribution >= 4 is 27.4 Å². The minimum absolute atomic E-state index is 0.127. The largest absolute Gasteiger partial charge is 0.343 e. The van der Waals surface area contributed by atoms with E-state index in [0.717, 1.165) is 6.42 Å². The monoisotopic (exact) mass is 285 g/mol. The number of nitrogens with zero attached hydrogens (tertiary/aromatic N) is 1. The molecular formula is C21H19N. The molecule has 5 rings (SSSR count). The van der Waals surface area contributed by atoms with Crippen molar-refractivity contribution in [2.24, 2.45) is 7.05 Å². The Kier molecular flexibility index (Phi) is 2.08. The van der Waals surface area contributed by atoms with Crippen molar-refractivity contribution in [1.29, 1.82) is 0 Å². The maximum Gasteiger partial charge on any atom is 0.0568 e. The molecule has 0 fully saturated rings. The Labute approximate surface area is 130 Å². The second kappa shape index (κ2) is 3.73. The van der Waals surface area contributed by atoms with Crippen LogP contribution in [0.5, 0.6) is 0 Å². The van der Waals surface area contributed by atoms with Gasteiger partial charge in [0.25, 0.3) is 0 Å². The molecule has 0 amide bonds. The lowest BCUT2D eigenvalue weighted by Crippen LogP contribution is -2.15. The van der Waals surface area contributed by atoms with Crippen LogP contribution in [0.2, 0.25) is 0 Å². The van der Waals surface area contributed by atoms with Gasteiger partial charge in [0.2, 0.25) is 0 Å². The van der Waals surface area contributed by atoms with Gasteiger partial charge in [-0.05, 0) is 29.2 Å². The van der Waals surface area contributed by atoms with E-state index in [9.17, 15) is 0 Å². The van der Waals surface area contributed by atoms with E-state index >= 15 is 0 Å². The van der Waals surface area contributed by atoms with Crippen molar-refractivity contribution in [2.75, 3.05) is 0 Å². The third kappa shape index (κ3) is 1.22. The number of fused-ring (bicyclic) bond motifs is 6. The molecule has 0 saturated heterocycles. The van der Waals surface area contributed by atoms with Crippen molar-refractivity contribution in [3.05, 3.63) is 65.3 Å². The molecule has 1 aromatic heterocycles. The molecule has 2 aliphatic carbocycles. The lowest BCUT2D eigenvalue weighted by molar-refractivity contribution is 0.655. The summed E-state index contributed by atoms with van der Waals surface area (Å²) in [7, 11) is 2.21. The van der Waals surface area contributed by atoms with Gasteiger partial charge in [0, 0.05) is 34.3 Å². The van der Waals surface area contributed by atoms with Gasteiger partial charge < -0.3 is 4.57 Å². The van der Waals surface area contributed by atoms with Crippen molar-refractivity contribution in [2.45, 2.75) is 25.7 Å². The summed E-state index contributed by atoms with van der Waals surface area (Å²) in [6.45, 7) is 4.72. The quantitative estimate of drug-likeness (QED) is 0.525. The van der Waals surface area contributed by atoms with Gasteiger partial charge in [-0.1, -0.05) is 56.3 Å². The van der Waals surface area contributed by atoms with Gasteiger partial charge in [0.15, 0.2) is 0 Å². The lowest BCUT2D eigenvalue weighted by atomic mass is 9.81. The summed E-state index contributed by atoms with van der Waals surface area (Å²) in [6, 6.07) is 13.4. The molecule has 0 unspecified atom stereocenters. The highest BCUT2D eigenvalue weighted by molar-refractivity contribution is 6.13. The third-order valence-corrected chi connectivity index (χ3v) is 5.65. The Morgan fingerprint density at radius 2 is 1.82 bits per heavy atom. The first-order valence-electron chi connectivity index (χ1n) is 8.02. The summed E-state index contributed by atoms with van der Waals surface area (Å²) >= 11 is 0. The number of aryl methyl sites for hydroxylation is 1. The van der Waals surface area contributed by atoms with E-state index in [1.807, 2.05) is 0 Å². The highest BCUT2D eigenvalue weighted by Gasteiger charge is 2.39. The molecule has 22 heavy (non-hydrogen) atoms. The third-order valence-electron chi connectivity index (χ3n) is 5.65.